The van der Waals surface area contributed by atoms with Crippen molar-refractivity contribution in [1.29, 1.82) is 0 Å². The molecule has 4 atom stereocenters. The molecular weight excluding hydrogens is 409 g/mol. The molecule has 2 aliphatic carbocycles. The Kier molecular flexibility index (Phi) is 6.33. The van der Waals surface area contributed by atoms with Gasteiger partial charge in [0.05, 0.1) is 5.54 Å². The van der Waals surface area contributed by atoms with Crippen molar-refractivity contribution < 1.29 is 9.13 Å². The number of hydrogen-bond donors (Lipinski definition) is 0. The average Bonchev–Trinajstić information content (AvgIpc) is 3.18. The molecule has 0 radical (unpaired) electrons. The highest BCUT2D eigenvalue weighted by molar-refractivity contribution is 5.95. The number of ether oxygens (including phenoxy) is 1. The highest BCUT2D eigenvalue weighted by Gasteiger charge is 2.36. The van der Waals surface area contributed by atoms with Crippen LogP contribution in [0.3, 0.4) is 0 Å². The molecule has 0 spiro atoms. The van der Waals surface area contributed by atoms with Crippen LogP contribution in [0.1, 0.15) is 89.2 Å². The predicted octanol–water partition coefficient (Wildman–Crippen LogP) is 8.15. The van der Waals surface area contributed by atoms with Crippen LogP contribution in [0.15, 0.2) is 47.5 Å². The molecule has 5 rings (SSSR count). The monoisotopic (exact) mass is 447 g/mol. The third-order valence-corrected chi connectivity index (χ3v) is 8.29. The molecule has 2 aromatic rings. The van der Waals surface area contributed by atoms with E-state index < -0.39 is 0 Å². The van der Waals surface area contributed by atoms with E-state index in [9.17, 15) is 0 Å². The van der Waals surface area contributed by atoms with Crippen LogP contribution in [0.2, 0.25) is 0 Å². The first-order valence-corrected chi connectivity index (χ1v) is 13.0. The van der Waals surface area contributed by atoms with Crippen molar-refractivity contribution in [3.8, 4) is 11.1 Å². The number of halogens is 1. The zero-order valence-electron chi connectivity index (χ0n) is 20.4. The predicted molar refractivity (Wildman–Crippen MR) is 134 cm³/mol. The number of aliphatic imine (C=N–C) groups is 1. The van der Waals surface area contributed by atoms with Crippen LogP contribution in [0, 0.1) is 23.6 Å². The van der Waals surface area contributed by atoms with Gasteiger partial charge >= 0.3 is 0 Å². The van der Waals surface area contributed by atoms with Gasteiger partial charge in [-0.2, -0.15) is 0 Å². The highest BCUT2D eigenvalue weighted by Crippen LogP contribution is 2.48. The zero-order chi connectivity index (χ0) is 23.0. The van der Waals surface area contributed by atoms with E-state index in [0.29, 0.717) is 24.0 Å². The second kappa shape index (κ2) is 9.24. The van der Waals surface area contributed by atoms with Gasteiger partial charge in [0.1, 0.15) is 12.4 Å². The summed E-state index contributed by atoms with van der Waals surface area (Å²) < 4.78 is 21.0. The lowest BCUT2D eigenvalue weighted by molar-refractivity contribution is 0.114. The van der Waals surface area contributed by atoms with Crippen LogP contribution >= 0.6 is 0 Å². The summed E-state index contributed by atoms with van der Waals surface area (Å²) >= 11 is 0. The topological polar surface area (TPSA) is 21.6 Å². The molecule has 0 saturated heterocycles. The van der Waals surface area contributed by atoms with Gasteiger partial charge in [-0.15, -0.1) is 0 Å². The summed E-state index contributed by atoms with van der Waals surface area (Å²) in [6.45, 7) is 7.04. The summed E-state index contributed by atoms with van der Waals surface area (Å²) in [7, 11) is 0. The minimum Gasteiger partial charge on any atom is -0.475 e. The lowest BCUT2D eigenvalue weighted by Crippen LogP contribution is -2.30. The maximum Gasteiger partial charge on any atom is 0.216 e. The van der Waals surface area contributed by atoms with Gasteiger partial charge in [0.25, 0.3) is 0 Å². The molecule has 2 fully saturated rings. The van der Waals surface area contributed by atoms with Crippen LogP contribution in [-0.2, 0) is 4.74 Å². The van der Waals surface area contributed by atoms with Gasteiger partial charge in [-0.25, -0.2) is 9.38 Å². The molecule has 0 N–H and O–H groups in total. The SMILES string of the molecule is CCCC1CC[C@@H]2C[C@H](c3ccc(-c4ccc(C5=NC(C)(C)CO5)cc4)c(F)c3)CC[C@@H]2C1. The van der Waals surface area contributed by atoms with E-state index >= 15 is 4.39 Å². The number of rotatable bonds is 5. The first kappa shape index (κ1) is 22.6. The van der Waals surface area contributed by atoms with Gasteiger partial charge in [0.2, 0.25) is 5.90 Å². The number of nitrogens with zero attached hydrogens (tertiary/aromatic N) is 1. The molecule has 3 aliphatic rings. The third kappa shape index (κ3) is 4.88. The number of benzene rings is 2. The molecule has 0 amide bonds. The Morgan fingerprint density at radius 2 is 1.67 bits per heavy atom. The first-order chi connectivity index (χ1) is 15.9. The van der Waals surface area contributed by atoms with E-state index in [1.165, 1.54) is 56.9 Å². The fourth-order valence-corrected chi connectivity index (χ4v) is 6.50. The van der Waals surface area contributed by atoms with E-state index in [2.05, 4.69) is 31.8 Å². The fraction of sp³-hybridized carbons (Fsp3) is 0.567. The van der Waals surface area contributed by atoms with Gasteiger partial charge in [-0.1, -0.05) is 50.5 Å². The van der Waals surface area contributed by atoms with Crippen molar-refractivity contribution in [1.82, 2.24) is 0 Å². The molecule has 33 heavy (non-hydrogen) atoms. The van der Waals surface area contributed by atoms with Crippen molar-refractivity contribution in [3.63, 3.8) is 0 Å². The van der Waals surface area contributed by atoms with Gasteiger partial charge in [0.15, 0.2) is 0 Å². The van der Waals surface area contributed by atoms with E-state index in [0.717, 1.165) is 28.9 Å². The molecule has 2 nitrogen and oxygen atoms in total. The van der Waals surface area contributed by atoms with Crippen LogP contribution in [0.5, 0.6) is 0 Å². The Morgan fingerprint density at radius 1 is 0.939 bits per heavy atom. The zero-order valence-corrected chi connectivity index (χ0v) is 20.4. The average molecular weight is 448 g/mol. The van der Waals surface area contributed by atoms with Gasteiger partial charge in [-0.3, -0.25) is 0 Å². The minimum atomic E-state index is -0.177. The Labute approximate surface area is 198 Å². The Morgan fingerprint density at radius 3 is 2.36 bits per heavy atom. The van der Waals surface area contributed by atoms with Crippen LogP contribution in [0.4, 0.5) is 4.39 Å². The maximum atomic E-state index is 15.2. The normalized spacial score (nSPS) is 28.7. The van der Waals surface area contributed by atoms with Crippen LogP contribution in [-0.4, -0.2) is 18.0 Å². The van der Waals surface area contributed by atoms with Crippen molar-refractivity contribution in [3.05, 3.63) is 59.4 Å². The van der Waals surface area contributed by atoms with Crippen molar-refractivity contribution >= 4 is 5.90 Å². The number of fused-ring (bicyclic) bond motifs is 1. The van der Waals surface area contributed by atoms with Gasteiger partial charge < -0.3 is 4.74 Å². The van der Waals surface area contributed by atoms with Crippen LogP contribution in [0.25, 0.3) is 11.1 Å². The minimum absolute atomic E-state index is 0.107. The maximum absolute atomic E-state index is 15.2. The second-order valence-corrected chi connectivity index (χ2v) is 11.3. The van der Waals surface area contributed by atoms with E-state index in [1.54, 1.807) is 0 Å². The molecule has 1 unspecified atom stereocenters. The highest BCUT2D eigenvalue weighted by atomic mass is 19.1. The number of hydrogen-bond acceptors (Lipinski definition) is 2. The summed E-state index contributed by atoms with van der Waals surface area (Å²) in [4.78, 5) is 4.64. The molecule has 3 heteroatoms. The molecule has 1 heterocycles. The molecule has 2 aromatic carbocycles. The summed E-state index contributed by atoms with van der Waals surface area (Å²) in [5.41, 5.74) is 3.54. The summed E-state index contributed by atoms with van der Waals surface area (Å²) in [6, 6.07) is 13.9. The molecule has 176 valence electrons. The van der Waals surface area contributed by atoms with Gasteiger partial charge in [-0.05, 0) is 98.9 Å². The lowest BCUT2D eigenvalue weighted by atomic mass is 9.63. The van der Waals surface area contributed by atoms with E-state index in [4.69, 9.17) is 4.74 Å². The molecule has 0 aromatic heterocycles. The summed E-state index contributed by atoms with van der Waals surface area (Å²) in [5.74, 6) is 3.80. The lowest BCUT2D eigenvalue weighted by Gasteiger charge is -2.42. The second-order valence-electron chi connectivity index (χ2n) is 11.3. The third-order valence-electron chi connectivity index (χ3n) is 8.29. The summed E-state index contributed by atoms with van der Waals surface area (Å²) in [5, 5.41) is 0. The smallest absolute Gasteiger partial charge is 0.216 e. The largest absolute Gasteiger partial charge is 0.475 e. The molecule has 1 aliphatic heterocycles. The Hall–Kier alpha value is -2.16. The Balaban J connectivity index is 1.27. The summed E-state index contributed by atoms with van der Waals surface area (Å²) in [6.07, 6.45) is 10.7. The van der Waals surface area contributed by atoms with Crippen LogP contribution < -0.4 is 0 Å². The fourth-order valence-electron chi connectivity index (χ4n) is 6.50. The first-order valence-electron chi connectivity index (χ1n) is 13.0. The Bertz CT molecular complexity index is 1010. The molecule has 0 bridgehead atoms. The van der Waals surface area contributed by atoms with Crippen molar-refractivity contribution in [2.24, 2.45) is 22.7 Å². The van der Waals surface area contributed by atoms with Crippen molar-refractivity contribution in [2.75, 3.05) is 6.61 Å². The van der Waals surface area contributed by atoms with E-state index in [1.807, 2.05) is 36.4 Å². The quantitative estimate of drug-likeness (QED) is 0.453. The molecule has 2 saturated carbocycles. The van der Waals surface area contributed by atoms with E-state index in [-0.39, 0.29) is 11.4 Å². The van der Waals surface area contributed by atoms with Crippen molar-refractivity contribution in [2.45, 2.75) is 83.6 Å². The standard InChI is InChI=1S/C30H38FNO/c1-4-5-20-6-7-24-17-25(13-12-23(24)16-20)26-14-15-27(28(31)18-26)21-8-10-22(11-9-21)29-32-30(2,3)19-33-29/h8-11,14-15,18,20,23-25H,4-7,12-13,16-17,19H2,1-3H3/t20?,23-,24-,25-/m1/s1. The molecular formula is C30H38FNO. The van der Waals surface area contributed by atoms with Gasteiger partial charge in [0, 0.05) is 11.1 Å².